The van der Waals surface area contributed by atoms with Gasteiger partial charge in [-0.05, 0) is 29.1 Å². The summed E-state index contributed by atoms with van der Waals surface area (Å²) in [6, 6.07) is 11.4. The zero-order valence-electron chi connectivity index (χ0n) is 14.0. The summed E-state index contributed by atoms with van der Waals surface area (Å²) in [6.45, 7) is -0.276. The molecule has 2 aliphatic heterocycles. The van der Waals surface area contributed by atoms with Gasteiger partial charge in [-0.2, -0.15) is 5.10 Å². The molecule has 0 N–H and O–H groups in total. The Bertz CT molecular complexity index is 929. The van der Waals surface area contributed by atoms with E-state index in [0.717, 1.165) is 37.3 Å². The van der Waals surface area contributed by atoms with E-state index >= 15 is 0 Å². The van der Waals surface area contributed by atoms with Crippen molar-refractivity contribution in [2.45, 2.75) is 12.5 Å². The van der Waals surface area contributed by atoms with Crippen LogP contribution in [-0.2, 0) is 9.59 Å². The third kappa shape index (κ3) is 3.71. The maximum atomic E-state index is 12.9. The third-order valence-electron chi connectivity index (χ3n) is 4.33. The second-order valence-corrected chi connectivity index (χ2v) is 8.89. The zero-order chi connectivity index (χ0) is 19.0. The van der Waals surface area contributed by atoms with Gasteiger partial charge < -0.3 is 0 Å². The van der Waals surface area contributed by atoms with Crippen molar-refractivity contribution in [2.24, 2.45) is 5.10 Å². The number of hydrogen-bond donors (Lipinski definition) is 0. The molecule has 2 aromatic rings. The minimum atomic E-state index is -0.378. The van der Waals surface area contributed by atoms with Gasteiger partial charge in [0.05, 0.1) is 17.5 Å². The summed E-state index contributed by atoms with van der Waals surface area (Å²) in [5.41, 5.74) is 1.74. The average Bonchev–Trinajstić information content (AvgIpc) is 3.37. The van der Waals surface area contributed by atoms with Gasteiger partial charge in [0.1, 0.15) is 6.54 Å². The molecule has 0 bridgehead atoms. The molecule has 4 rings (SSSR count). The van der Waals surface area contributed by atoms with Crippen LogP contribution in [0.1, 0.15) is 22.9 Å². The predicted molar refractivity (Wildman–Crippen MR) is 109 cm³/mol. The molecule has 138 valence electrons. The van der Waals surface area contributed by atoms with Crippen LogP contribution in [-0.4, -0.2) is 45.0 Å². The van der Waals surface area contributed by atoms with Crippen molar-refractivity contribution in [1.82, 2.24) is 9.91 Å². The molecular formula is C18H14BrN3O3S2. The number of thioether (sulfide) groups is 1. The fourth-order valence-corrected chi connectivity index (χ4v) is 4.96. The largest absolute Gasteiger partial charge is 0.289 e. The first-order chi connectivity index (χ1) is 13.0. The van der Waals surface area contributed by atoms with E-state index < -0.39 is 0 Å². The van der Waals surface area contributed by atoms with Gasteiger partial charge in [0.25, 0.3) is 11.1 Å². The number of hydrazone groups is 1. The first-order valence-electron chi connectivity index (χ1n) is 8.19. The van der Waals surface area contributed by atoms with E-state index in [1.807, 2.05) is 41.8 Å². The Morgan fingerprint density at radius 1 is 1.26 bits per heavy atom. The highest BCUT2D eigenvalue weighted by Gasteiger charge is 2.38. The van der Waals surface area contributed by atoms with Crippen molar-refractivity contribution in [1.29, 1.82) is 0 Å². The van der Waals surface area contributed by atoms with Crippen molar-refractivity contribution >= 4 is 61.8 Å². The van der Waals surface area contributed by atoms with Gasteiger partial charge in [-0.1, -0.05) is 45.9 Å². The number of thiophene rings is 1. The molecule has 0 aliphatic carbocycles. The van der Waals surface area contributed by atoms with Gasteiger partial charge >= 0.3 is 0 Å². The van der Waals surface area contributed by atoms with E-state index in [-0.39, 0.29) is 35.4 Å². The maximum absolute atomic E-state index is 12.9. The lowest BCUT2D eigenvalue weighted by atomic mass is 10.0. The standard InChI is InChI=1S/C18H14BrN3O3S2/c19-12-4-1-3-11(7-12)13-8-14(15-5-2-6-26-15)22(20-13)16(23)9-21-17(24)10-27-18(21)25/h1-7,14H,8-10H2. The Labute approximate surface area is 172 Å². The summed E-state index contributed by atoms with van der Waals surface area (Å²) in [7, 11) is 0. The number of carbonyl (C=O) groups is 3. The molecule has 3 heterocycles. The maximum Gasteiger partial charge on any atom is 0.289 e. The second-order valence-electron chi connectivity index (χ2n) is 6.07. The predicted octanol–water partition coefficient (Wildman–Crippen LogP) is 3.88. The van der Waals surface area contributed by atoms with Gasteiger partial charge in [-0.25, -0.2) is 5.01 Å². The number of nitrogens with zero attached hydrogens (tertiary/aromatic N) is 3. The fourth-order valence-electron chi connectivity index (χ4n) is 3.03. The normalized spacial score (nSPS) is 19.7. The van der Waals surface area contributed by atoms with E-state index in [1.165, 1.54) is 5.01 Å². The number of carbonyl (C=O) groups excluding carboxylic acids is 3. The van der Waals surface area contributed by atoms with Crippen LogP contribution in [0.4, 0.5) is 4.79 Å². The number of hydrogen-bond acceptors (Lipinski definition) is 6. The van der Waals surface area contributed by atoms with Crippen molar-refractivity contribution in [3.8, 4) is 0 Å². The lowest BCUT2D eigenvalue weighted by Crippen LogP contribution is -2.40. The SMILES string of the molecule is O=C1CSC(=O)N1CC(=O)N1N=C(c2cccc(Br)c2)CC1c1cccs1. The lowest BCUT2D eigenvalue weighted by Gasteiger charge is -2.22. The van der Waals surface area contributed by atoms with Crippen molar-refractivity contribution < 1.29 is 14.4 Å². The fraction of sp³-hybridized carbons (Fsp3) is 0.222. The first kappa shape index (κ1) is 18.4. The molecule has 1 saturated heterocycles. The number of halogens is 1. The molecule has 1 unspecified atom stereocenters. The summed E-state index contributed by atoms with van der Waals surface area (Å²) >= 11 is 5.94. The Morgan fingerprint density at radius 2 is 2.11 bits per heavy atom. The number of rotatable bonds is 4. The molecule has 0 radical (unpaired) electrons. The highest BCUT2D eigenvalue weighted by atomic mass is 79.9. The van der Waals surface area contributed by atoms with Crippen LogP contribution < -0.4 is 0 Å². The quantitative estimate of drug-likeness (QED) is 0.689. The molecule has 1 aromatic heterocycles. The van der Waals surface area contributed by atoms with Gasteiger partial charge in [0.2, 0.25) is 5.91 Å². The minimum absolute atomic E-state index is 0.0903. The zero-order valence-corrected chi connectivity index (χ0v) is 17.2. The van der Waals surface area contributed by atoms with E-state index in [1.54, 1.807) is 11.3 Å². The van der Waals surface area contributed by atoms with E-state index in [4.69, 9.17) is 0 Å². The van der Waals surface area contributed by atoms with Crippen LogP contribution in [0, 0.1) is 0 Å². The molecule has 6 nitrogen and oxygen atoms in total. The van der Waals surface area contributed by atoms with Gasteiger partial charge in [-0.3, -0.25) is 19.3 Å². The molecule has 1 atom stereocenters. The van der Waals surface area contributed by atoms with Crippen molar-refractivity contribution in [3.63, 3.8) is 0 Å². The first-order valence-corrected chi connectivity index (χ1v) is 10.8. The van der Waals surface area contributed by atoms with Crippen LogP contribution in [0.2, 0.25) is 0 Å². The summed E-state index contributed by atoms with van der Waals surface area (Å²) in [5, 5.41) is 7.56. The minimum Gasteiger partial charge on any atom is -0.273 e. The van der Waals surface area contributed by atoms with Gasteiger partial charge in [-0.15, -0.1) is 11.3 Å². The second kappa shape index (κ2) is 7.57. The molecule has 3 amide bonds. The van der Waals surface area contributed by atoms with Gasteiger partial charge in [0.15, 0.2) is 0 Å². The molecule has 9 heteroatoms. The Morgan fingerprint density at radius 3 is 2.78 bits per heavy atom. The molecule has 1 aromatic carbocycles. The number of imide groups is 1. The molecular weight excluding hydrogens is 450 g/mol. The molecule has 1 fully saturated rings. The third-order valence-corrected chi connectivity index (χ3v) is 6.65. The van der Waals surface area contributed by atoms with E-state index in [2.05, 4.69) is 21.0 Å². The van der Waals surface area contributed by atoms with Crippen molar-refractivity contribution in [2.75, 3.05) is 12.3 Å². The number of amides is 3. The molecule has 0 saturated carbocycles. The Kier molecular flexibility index (Phi) is 5.16. The monoisotopic (exact) mass is 463 g/mol. The summed E-state index contributed by atoms with van der Waals surface area (Å²) in [4.78, 5) is 38.6. The molecule has 2 aliphatic rings. The topological polar surface area (TPSA) is 70.1 Å². The van der Waals surface area contributed by atoms with Crippen LogP contribution in [0.5, 0.6) is 0 Å². The van der Waals surface area contributed by atoms with Gasteiger partial charge in [0, 0.05) is 15.8 Å². The Hall–Kier alpha value is -1.97. The highest BCUT2D eigenvalue weighted by Crippen LogP contribution is 2.35. The molecule has 27 heavy (non-hydrogen) atoms. The lowest BCUT2D eigenvalue weighted by molar-refractivity contribution is -0.137. The molecule has 0 spiro atoms. The van der Waals surface area contributed by atoms with E-state index in [9.17, 15) is 14.4 Å². The van der Waals surface area contributed by atoms with Crippen LogP contribution in [0.15, 0.2) is 51.4 Å². The number of benzene rings is 1. The summed E-state index contributed by atoms with van der Waals surface area (Å²) in [6.07, 6.45) is 0.583. The smallest absolute Gasteiger partial charge is 0.273 e. The van der Waals surface area contributed by atoms with Crippen LogP contribution in [0.25, 0.3) is 0 Å². The highest BCUT2D eigenvalue weighted by molar-refractivity contribution is 9.10. The summed E-state index contributed by atoms with van der Waals surface area (Å²) < 4.78 is 0.936. The average molecular weight is 464 g/mol. The van der Waals surface area contributed by atoms with E-state index in [0.29, 0.717) is 6.42 Å². The van der Waals surface area contributed by atoms with Crippen LogP contribution >= 0.6 is 39.0 Å². The van der Waals surface area contributed by atoms with Crippen LogP contribution in [0.3, 0.4) is 0 Å². The van der Waals surface area contributed by atoms with Crippen molar-refractivity contribution in [3.05, 3.63) is 56.7 Å². The summed E-state index contributed by atoms with van der Waals surface area (Å²) in [5.74, 6) is -0.600. The Balaban J connectivity index is 1.62.